The van der Waals surface area contributed by atoms with Gasteiger partial charge in [-0.3, -0.25) is 15.0 Å². The molecule has 10 heteroatoms. The summed E-state index contributed by atoms with van der Waals surface area (Å²) < 4.78 is 37.9. The maximum absolute atomic E-state index is 12.6. The number of halogens is 5. The third kappa shape index (κ3) is 6.97. The number of nitrogens with zero attached hydrogens (tertiary/aromatic N) is 2. The van der Waals surface area contributed by atoms with Gasteiger partial charge < -0.3 is 5.32 Å². The van der Waals surface area contributed by atoms with Crippen molar-refractivity contribution < 1.29 is 18.1 Å². The minimum Gasteiger partial charge on any atom is -0.314 e. The van der Waals surface area contributed by atoms with Crippen LogP contribution in [0.4, 0.5) is 18.9 Å². The van der Waals surface area contributed by atoms with Crippen molar-refractivity contribution in [3.8, 4) is 0 Å². The standard InChI is InChI=1S/C15H20F3N3O2.2ClH/c1-11-2-3-12(10-14(11)21(22)23)13(4-5-15(16,17)18)20-8-6-19-7-9-20;;/h2-3,10,13,19H,4-9H2,1H3;2*1H/t13-;;/m0../s1. The first-order valence-electron chi connectivity index (χ1n) is 7.54. The Balaban J connectivity index is 0.00000288. The summed E-state index contributed by atoms with van der Waals surface area (Å²) in [4.78, 5) is 12.6. The van der Waals surface area contributed by atoms with Gasteiger partial charge in [0.05, 0.1) is 4.92 Å². The molecular formula is C15H22Cl2F3N3O2. The molecule has 0 saturated carbocycles. The zero-order valence-electron chi connectivity index (χ0n) is 13.7. The molecule has 1 heterocycles. The molecule has 1 aliphatic heterocycles. The molecule has 0 aromatic heterocycles. The third-order valence-electron chi connectivity index (χ3n) is 4.11. The predicted molar refractivity (Wildman–Crippen MR) is 94.8 cm³/mol. The number of aryl methyl sites for hydroxylation is 1. The molecule has 1 aliphatic rings. The van der Waals surface area contributed by atoms with Gasteiger partial charge in [-0.05, 0) is 18.9 Å². The number of nitrogens with one attached hydrogen (secondary N) is 1. The van der Waals surface area contributed by atoms with Crippen LogP contribution in [-0.2, 0) is 0 Å². The van der Waals surface area contributed by atoms with Crippen molar-refractivity contribution in [1.82, 2.24) is 10.2 Å². The predicted octanol–water partition coefficient (Wildman–Crippen LogP) is 4.04. The van der Waals surface area contributed by atoms with Crippen LogP contribution in [0.15, 0.2) is 18.2 Å². The Morgan fingerprint density at radius 3 is 2.40 bits per heavy atom. The van der Waals surface area contributed by atoms with E-state index in [1.165, 1.54) is 6.07 Å². The van der Waals surface area contributed by atoms with Crippen LogP contribution < -0.4 is 5.32 Å². The van der Waals surface area contributed by atoms with Crippen molar-refractivity contribution in [2.24, 2.45) is 0 Å². The molecule has 0 spiro atoms. The van der Waals surface area contributed by atoms with E-state index >= 15 is 0 Å². The van der Waals surface area contributed by atoms with Crippen LogP contribution >= 0.6 is 24.8 Å². The van der Waals surface area contributed by atoms with Crippen molar-refractivity contribution in [2.45, 2.75) is 32.0 Å². The molecule has 25 heavy (non-hydrogen) atoms. The maximum atomic E-state index is 12.6. The smallest absolute Gasteiger partial charge is 0.314 e. The second kappa shape index (κ2) is 10.2. The molecule has 5 nitrogen and oxygen atoms in total. The molecule has 144 valence electrons. The van der Waals surface area contributed by atoms with Gasteiger partial charge in [-0.2, -0.15) is 13.2 Å². The Kier molecular flexibility index (Phi) is 9.71. The number of benzene rings is 1. The van der Waals surface area contributed by atoms with Crippen LogP contribution in [0.1, 0.15) is 30.0 Å². The van der Waals surface area contributed by atoms with E-state index in [9.17, 15) is 23.3 Å². The Bertz CT molecular complexity index is 567. The zero-order chi connectivity index (χ0) is 17.0. The minimum atomic E-state index is -4.23. The SMILES string of the molecule is Cc1ccc([C@H](CCC(F)(F)F)N2CCNCC2)cc1[N+](=O)[O-].Cl.Cl. The van der Waals surface area contributed by atoms with Gasteiger partial charge in [-0.15, -0.1) is 24.8 Å². The van der Waals surface area contributed by atoms with Gasteiger partial charge in [0, 0.05) is 50.3 Å². The molecule has 0 unspecified atom stereocenters. The Hall–Kier alpha value is -1.09. The van der Waals surface area contributed by atoms with Crippen molar-refractivity contribution in [2.75, 3.05) is 26.2 Å². The first-order chi connectivity index (χ1) is 10.8. The number of hydrogen-bond donors (Lipinski definition) is 1. The van der Waals surface area contributed by atoms with Gasteiger partial charge in [0.25, 0.3) is 5.69 Å². The van der Waals surface area contributed by atoms with Crippen LogP contribution in [0.3, 0.4) is 0 Å². The van der Waals surface area contributed by atoms with E-state index in [1.807, 2.05) is 4.90 Å². The molecule has 1 aromatic carbocycles. The van der Waals surface area contributed by atoms with Crippen LogP contribution in [0.2, 0.25) is 0 Å². The monoisotopic (exact) mass is 403 g/mol. The highest BCUT2D eigenvalue weighted by molar-refractivity contribution is 5.85. The summed E-state index contributed by atoms with van der Waals surface area (Å²) in [5.41, 5.74) is 1.04. The van der Waals surface area contributed by atoms with Crippen molar-refractivity contribution >= 4 is 30.5 Å². The quantitative estimate of drug-likeness (QED) is 0.595. The van der Waals surface area contributed by atoms with Gasteiger partial charge in [-0.25, -0.2) is 0 Å². The second-order valence-corrected chi connectivity index (χ2v) is 5.76. The number of nitro benzene ring substituents is 1. The number of hydrogen-bond acceptors (Lipinski definition) is 4. The molecule has 0 amide bonds. The first-order valence-corrected chi connectivity index (χ1v) is 7.54. The van der Waals surface area contributed by atoms with Crippen molar-refractivity contribution in [1.29, 1.82) is 0 Å². The Morgan fingerprint density at radius 1 is 1.28 bits per heavy atom. The minimum absolute atomic E-state index is 0. The third-order valence-corrected chi connectivity index (χ3v) is 4.11. The molecule has 1 N–H and O–H groups in total. The maximum Gasteiger partial charge on any atom is 0.389 e. The van der Waals surface area contributed by atoms with E-state index in [-0.39, 0.29) is 36.9 Å². The van der Waals surface area contributed by atoms with E-state index in [2.05, 4.69) is 5.32 Å². The molecule has 1 saturated heterocycles. The summed E-state index contributed by atoms with van der Waals surface area (Å²) in [5, 5.41) is 14.3. The second-order valence-electron chi connectivity index (χ2n) is 5.76. The summed E-state index contributed by atoms with van der Waals surface area (Å²) in [6.45, 7) is 4.29. The van der Waals surface area contributed by atoms with Crippen molar-refractivity contribution in [3.63, 3.8) is 0 Å². The summed E-state index contributed by atoms with van der Waals surface area (Å²) >= 11 is 0. The summed E-state index contributed by atoms with van der Waals surface area (Å²) in [7, 11) is 0. The van der Waals surface area contributed by atoms with Crippen molar-refractivity contribution in [3.05, 3.63) is 39.4 Å². The van der Waals surface area contributed by atoms with E-state index in [0.29, 0.717) is 37.3 Å². The normalized spacial score (nSPS) is 16.5. The van der Waals surface area contributed by atoms with Gasteiger partial charge >= 0.3 is 6.18 Å². The largest absolute Gasteiger partial charge is 0.389 e. The van der Waals surface area contributed by atoms with Crippen LogP contribution in [0, 0.1) is 17.0 Å². The Labute approximate surface area is 156 Å². The van der Waals surface area contributed by atoms with Gasteiger partial charge in [0.2, 0.25) is 0 Å². The number of piperazine rings is 1. The fourth-order valence-electron chi connectivity index (χ4n) is 2.88. The topological polar surface area (TPSA) is 58.4 Å². The summed E-state index contributed by atoms with van der Waals surface area (Å²) in [6.07, 6.45) is -5.23. The number of rotatable bonds is 5. The number of nitro groups is 1. The molecule has 0 aliphatic carbocycles. The van der Waals surface area contributed by atoms with Gasteiger partial charge in [0.15, 0.2) is 0 Å². The van der Waals surface area contributed by atoms with E-state index in [1.54, 1.807) is 19.1 Å². The van der Waals surface area contributed by atoms with E-state index in [4.69, 9.17) is 0 Å². The number of alkyl halides is 3. The van der Waals surface area contributed by atoms with Gasteiger partial charge in [-0.1, -0.05) is 12.1 Å². The molecule has 0 radical (unpaired) electrons. The lowest BCUT2D eigenvalue weighted by molar-refractivity contribution is -0.385. The van der Waals surface area contributed by atoms with E-state index < -0.39 is 23.6 Å². The van der Waals surface area contributed by atoms with Crippen LogP contribution in [0.25, 0.3) is 0 Å². The van der Waals surface area contributed by atoms with Crippen LogP contribution in [-0.4, -0.2) is 42.2 Å². The fourth-order valence-corrected chi connectivity index (χ4v) is 2.88. The summed E-state index contributed by atoms with van der Waals surface area (Å²) in [6, 6.07) is 4.26. The first kappa shape index (κ1) is 23.9. The molecule has 0 bridgehead atoms. The highest BCUT2D eigenvalue weighted by Gasteiger charge is 2.32. The molecule has 1 aromatic rings. The Morgan fingerprint density at radius 2 is 1.88 bits per heavy atom. The zero-order valence-corrected chi connectivity index (χ0v) is 15.3. The molecular weight excluding hydrogens is 382 g/mol. The highest BCUT2D eigenvalue weighted by atomic mass is 35.5. The van der Waals surface area contributed by atoms with E-state index in [0.717, 1.165) is 0 Å². The average molecular weight is 404 g/mol. The molecule has 1 fully saturated rings. The molecule has 1 atom stereocenters. The van der Waals surface area contributed by atoms with Crippen LogP contribution in [0.5, 0.6) is 0 Å². The lowest BCUT2D eigenvalue weighted by Gasteiger charge is -2.35. The fraction of sp³-hybridized carbons (Fsp3) is 0.600. The molecule has 2 rings (SSSR count). The lowest BCUT2D eigenvalue weighted by atomic mass is 9.97. The van der Waals surface area contributed by atoms with Gasteiger partial charge in [0.1, 0.15) is 0 Å². The average Bonchev–Trinajstić information content (AvgIpc) is 2.48. The highest BCUT2D eigenvalue weighted by Crippen LogP contribution is 2.33. The summed E-state index contributed by atoms with van der Waals surface area (Å²) in [5.74, 6) is 0. The lowest BCUT2D eigenvalue weighted by Crippen LogP contribution is -2.45.